The molecule has 0 radical (unpaired) electrons. The van der Waals surface area contributed by atoms with Crippen molar-refractivity contribution in [2.45, 2.75) is 38.5 Å². The average molecular weight is 366 g/mol. The largest absolute Gasteiger partial charge is 0.445 e. The summed E-state index contributed by atoms with van der Waals surface area (Å²) in [6, 6.07) is 8.39. The van der Waals surface area contributed by atoms with Crippen molar-refractivity contribution in [1.29, 1.82) is 0 Å². The van der Waals surface area contributed by atoms with Crippen LogP contribution < -0.4 is 0 Å². The summed E-state index contributed by atoms with van der Waals surface area (Å²) in [5, 5.41) is 0. The molecule has 2 aliphatic rings. The fraction of sp³-hybridized carbons (Fsp3) is 0.529. The number of sulfonamides is 1. The Morgan fingerprint density at radius 1 is 1.28 bits per heavy atom. The third kappa shape index (κ3) is 3.22. The highest BCUT2D eigenvalue weighted by Crippen LogP contribution is 2.39. The zero-order valence-electron chi connectivity index (χ0n) is 14.3. The maximum Gasteiger partial charge on any atom is 0.410 e. The van der Waals surface area contributed by atoms with E-state index in [2.05, 4.69) is 0 Å². The summed E-state index contributed by atoms with van der Waals surface area (Å²) in [6.07, 6.45) is 1.46. The van der Waals surface area contributed by atoms with Crippen molar-refractivity contribution in [1.82, 2.24) is 9.21 Å². The molecule has 0 N–H and O–H groups in total. The van der Waals surface area contributed by atoms with E-state index >= 15 is 0 Å². The molecule has 0 aromatic heterocycles. The molecule has 2 heterocycles. The molecule has 1 unspecified atom stereocenters. The maximum absolute atomic E-state index is 12.5. The Balaban J connectivity index is 1.76. The van der Waals surface area contributed by atoms with Gasteiger partial charge in [0.25, 0.3) is 0 Å². The molecule has 0 bridgehead atoms. The predicted molar refractivity (Wildman–Crippen MR) is 91.0 cm³/mol. The summed E-state index contributed by atoms with van der Waals surface area (Å²) in [5.74, 6) is -0.924. The molecule has 1 aromatic rings. The highest BCUT2D eigenvalue weighted by atomic mass is 32.2. The summed E-state index contributed by atoms with van der Waals surface area (Å²) in [7, 11) is -3.65. The zero-order chi connectivity index (χ0) is 18.2. The van der Waals surface area contributed by atoms with Gasteiger partial charge in [-0.15, -0.1) is 0 Å². The van der Waals surface area contributed by atoms with Gasteiger partial charge in [0.2, 0.25) is 15.9 Å². The number of fused-ring (bicyclic) bond motifs is 1. The van der Waals surface area contributed by atoms with Crippen LogP contribution in [0.5, 0.6) is 0 Å². The van der Waals surface area contributed by atoms with E-state index in [9.17, 15) is 18.0 Å². The Morgan fingerprint density at radius 3 is 2.56 bits per heavy atom. The molecule has 0 saturated carbocycles. The van der Waals surface area contributed by atoms with E-state index in [0.717, 1.165) is 16.1 Å². The normalized spacial score (nSPS) is 26.0. The van der Waals surface area contributed by atoms with Crippen LogP contribution in [0.4, 0.5) is 4.79 Å². The lowest BCUT2D eigenvalue weighted by atomic mass is 9.96. The van der Waals surface area contributed by atoms with Gasteiger partial charge in [-0.25, -0.2) is 17.5 Å². The number of benzene rings is 1. The third-order valence-corrected chi connectivity index (χ3v) is 6.07. The van der Waals surface area contributed by atoms with Crippen LogP contribution >= 0.6 is 0 Å². The minimum Gasteiger partial charge on any atom is -0.445 e. The molecule has 0 aliphatic carbocycles. The van der Waals surface area contributed by atoms with E-state index in [4.69, 9.17) is 4.74 Å². The number of hydrogen-bond acceptors (Lipinski definition) is 5. The molecule has 2 amide bonds. The molecule has 3 rings (SSSR count). The van der Waals surface area contributed by atoms with Gasteiger partial charge in [-0.2, -0.15) is 0 Å². The number of amides is 2. The number of hydrogen-bond donors (Lipinski definition) is 0. The topological polar surface area (TPSA) is 84.0 Å². The number of carbonyl (C=O) groups is 2. The zero-order valence-corrected chi connectivity index (χ0v) is 15.1. The van der Waals surface area contributed by atoms with Gasteiger partial charge >= 0.3 is 6.09 Å². The SMILES string of the molecule is CCC1C(=O)N(S(C)(=O)=O)[C@H]2CCN(C(=O)OCc3ccccc3)[C@H]12. The van der Waals surface area contributed by atoms with Gasteiger partial charge in [0, 0.05) is 6.54 Å². The van der Waals surface area contributed by atoms with Gasteiger partial charge in [0.1, 0.15) is 6.61 Å². The fourth-order valence-electron chi connectivity index (χ4n) is 3.85. The van der Waals surface area contributed by atoms with Crippen LogP contribution in [0.3, 0.4) is 0 Å². The molecule has 1 aromatic carbocycles. The minimum absolute atomic E-state index is 0.147. The van der Waals surface area contributed by atoms with Crippen LogP contribution in [-0.2, 0) is 26.2 Å². The molecule has 2 aliphatic heterocycles. The van der Waals surface area contributed by atoms with Crippen molar-refractivity contribution in [2.24, 2.45) is 5.92 Å². The lowest BCUT2D eigenvalue weighted by Crippen LogP contribution is -2.43. The first-order valence-corrected chi connectivity index (χ1v) is 10.2. The first-order valence-electron chi connectivity index (χ1n) is 8.35. The molecule has 25 heavy (non-hydrogen) atoms. The van der Waals surface area contributed by atoms with E-state index in [1.165, 1.54) is 4.90 Å². The predicted octanol–water partition coefficient (Wildman–Crippen LogP) is 1.59. The van der Waals surface area contributed by atoms with Crippen molar-refractivity contribution in [2.75, 3.05) is 12.8 Å². The van der Waals surface area contributed by atoms with Gasteiger partial charge in [0.05, 0.1) is 24.3 Å². The highest BCUT2D eigenvalue weighted by molar-refractivity contribution is 7.88. The Morgan fingerprint density at radius 2 is 1.96 bits per heavy atom. The first-order chi connectivity index (χ1) is 11.8. The second-order valence-corrected chi connectivity index (χ2v) is 8.35. The number of nitrogens with zero attached hydrogens (tertiary/aromatic N) is 2. The van der Waals surface area contributed by atoms with E-state index < -0.39 is 40.0 Å². The summed E-state index contributed by atoms with van der Waals surface area (Å²) in [6.45, 7) is 2.37. The molecule has 2 fully saturated rings. The van der Waals surface area contributed by atoms with Crippen molar-refractivity contribution in [3.8, 4) is 0 Å². The molecule has 136 valence electrons. The van der Waals surface area contributed by atoms with Crippen LogP contribution in [0.2, 0.25) is 0 Å². The van der Waals surface area contributed by atoms with Crippen molar-refractivity contribution < 1.29 is 22.7 Å². The smallest absolute Gasteiger partial charge is 0.410 e. The summed E-state index contributed by atoms with van der Waals surface area (Å²) >= 11 is 0. The summed E-state index contributed by atoms with van der Waals surface area (Å²) in [5.41, 5.74) is 0.874. The first kappa shape index (κ1) is 17.7. The Kier molecular flexibility index (Phi) is 4.73. The number of likely N-dealkylation sites (tertiary alicyclic amines) is 1. The maximum atomic E-state index is 12.5. The Labute approximate surface area is 147 Å². The molecular formula is C17H22N2O5S. The number of ether oxygens (including phenoxy) is 1. The number of rotatable bonds is 4. The van der Waals surface area contributed by atoms with Gasteiger partial charge in [-0.05, 0) is 18.4 Å². The fourth-order valence-corrected chi connectivity index (χ4v) is 5.04. The van der Waals surface area contributed by atoms with Crippen LogP contribution in [0.15, 0.2) is 30.3 Å². The monoisotopic (exact) mass is 366 g/mol. The Bertz CT molecular complexity index is 765. The van der Waals surface area contributed by atoms with Crippen molar-refractivity contribution in [3.63, 3.8) is 0 Å². The van der Waals surface area contributed by atoms with E-state index in [0.29, 0.717) is 19.4 Å². The molecule has 3 atom stereocenters. The average Bonchev–Trinajstić information content (AvgIpc) is 3.09. The summed E-state index contributed by atoms with van der Waals surface area (Å²) < 4.78 is 30.4. The highest BCUT2D eigenvalue weighted by Gasteiger charge is 2.57. The molecular weight excluding hydrogens is 344 g/mol. The number of carbonyl (C=O) groups excluding carboxylic acids is 2. The molecule has 2 saturated heterocycles. The van der Waals surface area contributed by atoms with Gasteiger partial charge in [-0.1, -0.05) is 37.3 Å². The Hall–Kier alpha value is -2.09. The quantitative estimate of drug-likeness (QED) is 0.808. The standard InChI is InChI=1S/C17H22N2O5S/c1-3-13-15-14(19(16(13)20)25(2,22)23)9-10-18(15)17(21)24-11-12-7-5-4-6-8-12/h4-8,13-15H,3,9-11H2,1-2H3/t13?,14-,15+/m0/s1. The van der Waals surface area contributed by atoms with E-state index in [1.807, 2.05) is 37.3 Å². The molecule has 8 heteroatoms. The van der Waals surface area contributed by atoms with Gasteiger partial charge in [0.15, 0.2) is 0 Å². The van der Waals surface area contributed by atoms with Crippen LogP contribution in [0, 0.1) is 5.92 Å². The minimum atomic E-state index is -3.65. The van der Waals surface area contributed by atoms with Crippen molar-refractivity contribution in [3.05, 3.63) is 35.9 Å². The van der Waals surface area contributed by atoms with Crippen molar-refractivity contribution >= 4 is 22.0 Å². The van der Waals surface area contributed by atoms with E-state index in [1.54, 1.807) is 0 Å². The van der Waals surface area contributed by atoms with Crippen LogP contribution in [-0.4, -0.2) is 54.5 Å². The second-order valence-electron chi connectivity index (χ2n) is 6.49. The van der Waals surface area contributed by atoms with Gasteiger partial charge in [-0.3, -0.25) is 4.79 Å². The summed E-state index contributed by atoms with van der Waals surface area (Å²) in [4.78, 5) is 26.5. The third-order valence-electron chi connectivity index (χ3n) is 4.90. The second kappa shape index (κ2) is 6.67. The van der Waals surface area contributed by atoms with Crippen LogP contribution in [0.25, 0.3) is 0 Å². The van der Waals surface area contributed by atoms with Crippen LogP contribution in [0.1, 0.15) is 25.3 Å². The molecule has 0 spiro atoms. The molecule has 7 nitrogen and oxygen atoms in total. The van der Waals surface area contributed by atoms with E-state index in [-0.39, 0.29) is 6.61 Å². The van der Waals surface area contributed by atoms with Gasteiger partial charge < -0.3 is 9.64 Å². The lowest BCUT2D eigenvalue weighted by Gasteiger charge is -2.26. The lowest BCUT2D eigenvalue weighted by molar-refractivity contribution is -0.128.